The van der Waals surface area contributed by atoms with Gasteiger partial charge in [-0.25, -0.2) is 0 Å². The predicted octanol–water partition coefficient (Wildman–Crippen LogP) is 3.01. The summed E-state index contributed by atoms with van der Waals surface area (Å²) in [5.41, 5.74) is -0.129. The van der Waals surface area contributed by atoms with Crippen LogP contribution in [0.25, 0.3) is 0 Å². The second-order valence-corrected chi connectivity index (χ2v) is 5.37. The first kappa shape index (κ1) is 19.2. The predicted molar refractivity (Wildman–Crippen MR) is 84.2 cm³/mol. The van der Waals surface area contributed by atoms with E-state index in [0.29, 0.717) is 5.56 Å². The average molecular weight is 365 g/mol. The molecule has 0 spiro atoms. The molecule has 0 amide bonds. The molecule has 0 aliphatic heterocycles. The number of ketones is 1. The molecule has 2 aromatic rings. The molecule has 0 aliphatic rings. The molecule has 0 atom stereocenters. The Balaban J connectivity index is 2.68. The number of methoxy groups -OCH3 is 2. The molecule has 1 aromatic carbocycles. The molecular formula is C17H14F3N3O3. The molecular weight excluding hydrogens is 351 g/mol. The highest BCUT2D eigenvalue weighted by atomic mass is 19.4. The minimum absolute atomic E-state index is 0.0350. The fourth-order valence-electron chi connectivity index (χ4n) is 2.37. The van der Waals surface area contributed by atoms with Gasteiger partial charge in [0.2, 0.25) is 11.7 Å². The van der Waals surface area contributed by atoms with E-state index in [4.69, 9.17) is 14.7 Å². The van der Waals surface area contributed by atoms with Gasteiger partial charge in [-0.15, -0.1) is 0 Å². The number of carbonyl (C=O) groups excluding carboxylic acids is 1. The van der Waals surface area contributed by atoms with E-state index in [-0.39, 0.29) is 17.1 Å². The molecule has 0 unspecified atom stereocenters. The van der Waals surface area contributed by atoms with Crippen LogP contribution >= 0.6 is 0 Å². The van der Waals surface area contributed by atoms with Crippen LogP contribution in [0.5, 0.6) is 11.9 Å². The summed E-state index contributed by atoms with van der Waals surface area (Å²) in [5, 5.41) is 9.03. The Morgan fingerprint density at radius 2 is 1.88 bits per heavy atom. The molecule has 0 saturated heterocycles. The van der Waals surface area contributed by atoms with Gasteiger partial charge in [0.25, 0.3) is 0 Å². The topological polar surface area (TPSA) is 85.1 Å². The summed E-state index contributed by atoms with van der Waals surface area (Å²) in [7, 11) is 2.35. The van der Waals surface area contributed by atoms with Crippen molar-refractivity contribution in [3.05, 3.63) is 46.1 Å². The third-order valence-corrected chi connectivity index (χ3v) is 3.39. The number of aromatic nitrogens is 2. The van der Waals surface area contributed by atoms with E-state index < -0.39 is 35.5 Å². The summed E-state index contributed by atoms with van der Waals surface area (Å²) in [6.07, 6.45) is -6.05. The third-order valence-electron chi connectivity index (χ3n) is 3.39. The fraction of sp³-hybridized carbons (Fsp3) is 0.294. The number of aryl methyl sites for hydroxylation is 1. The molecule has 136 valence electrons. The highest BCUT2D eigenvalue weighted by Gasteiger charge is 2.34. The number of halogens is 3. The molecule has 0 aliphatic carbocycles. The lowest BCUT2D eigenvalue weighted by molar-refractivity contribution is -0.127. The largest absolute Gasteiger partial charge is 0.481 e. The normalized spacial score (nSPS) is 11.0. The second kappa shape index (κ2) is 7.39. The lowest BCUT2D eigenvalue weighted by Gasteiger charge is -2.15. The first-order valence-electron chi connectivity index (χ1n) is 7.30. The van der Waals surface area contributed by atoms with Crippen LogP contribution in [0.2, 0.25) is 0 Å². The van der Waals surface area contributed by atoms with Crippen molar-refractivity contribution in [2.24, 2.45) is 0 Å². The van der Waals surface area contributed by atoms with E-state index in [1.165, 1.54) is 19.2 Å². The zero-order valence-electron chi connectivity index (χ0n) is 14.1. The first-order chi connectivity index (χ1) is 12.2. The number of ether oxygens (including phenoxy) is 2. The number of hydrogen-bond donors (Lipinski definition) is 0. The van der Waals surface area contributed by atoms with Crippen molar-refractivity contribution in [1.29, 1.82) is 5.26 Å². The zero-order chi connectivity index (χ0) is 19.5. The van der Waals surface area contributed by atoms with Crippen molar-refractivity contribution in [2.45, 2.75) is 19.5 Å². The van der Waals surface area contributed by atoms with Gasteiger partial charge in [0.05, 0.1) is 37.8 Å². The highest BCUT2D eigenvalue weighted by molar-refractivity contribution is 6.09. The second-order valence-electron chi connectivity index (χ2n) is 5.37. The van der Waals surface area contributed by atoms with Gasteiger partial charge in [-0.2, -0.15) is 28.4 Å². The van der Waals surface area contributed by atoms with Gasteiger partial charge in [-0.05, 0) is 30.7 Å². The van der Waals surface area contributed by atoms with Crippen LogP contribution in [0.15, 0.2) is 18.2 Å². The molecule has 0 N–H and O–H groups in total. The molecule has 6 nitrogen and oxygen atoms in total. The smallest absolute Gasteiger partial charge is 0.393 e. The quantitative estimate of drug-likeness (QED) is 0.757. The van der Waals surface area contributed by atoms with E-state index >= 15 is 0 Å². The van der Waals surface area contributed by atoms with E-state index in [1.54, 1.807) is 13.0 Å². The van der Waals surface area contributed by atoms with Gasteiger partial charge < -0.3 is 9.47 Å². The number of hydrogen-bond acceptors (Lipinski definition) is 6. The Morgan fingerprint density at radius 3 is 2.42 bits per heavy atom. The molecule has 0 saturated carbocycles. The number of benzene rings is 1. The van der Waals surface area contributed by atoms with Crippen LogP contribution in [0.3, 0.4) is 0 Å². The van der Waals surface area contributed by atoms with Gasteiger partial charge in [0.1, 0.15) is 5.69 Å². The minimum Gasteiger partial charge on any atom is -0.481 e. The Kier molecular flexibility index (Phi) is 5.45. The number of nitrogens with zero attached hydrogens (tertiary/aromatic N) is 3. The van der Waals surface area contributed by atoms with E-state index in [0.717, 1.165) is 7.11 Å². The molecule has 2 rings (SSSR count). The lowest BCUT2D eigenvalue weighted by atomic mass is 9.99. The van der Waals surface area contributed by atoms with E-state index in [1.807, 2.05) is 6.07 Å². The third kappa shape index (κ3) is 4.27. The SMILES string of the molecule is COc1nc(OC)c(CC(F)(F)F)c(C(=O)c2cc(C)cc(C#N)c2)n1. The van der Waals surface area contributed by atoms with Gasteiger partial charge in [0, 0.05) is 5.56 Å². The zero-order valence-corrected chi connectivity index (χ0v) is 14.1. The van der Waals surface area contributed by atoms with Crippen LogP contribution < -0.4 is 9.47 Å². The summed E-state index contributed by atoms with van der Waals surface area (Å²) in [6.45, 7) is 1.66. The maximum atomic E-state index is 13.0. The summed E-state index contributed by atoms with van der Waals surface area (Å²) in [6, 6.07) is 5.89. The van der Waals surface area contributed by atoms with Crippen molar-refractivity contribution >= 4 is 5.78 Å². The van der Waals surface area contributed by atoms with Crippen molar-refractivity contribution in [3.63, 3.8) is 0 Å². The molecule has 9 heteroatoms. The van der Waals surface area contributed by atoms with Crippen molar-refractivity contribution < 1.29 is 27.4 Å². The minimum atomic E-state index is -4.61. The van der Waals surface area contributed by atoms with Crippen LogP contribution in [-0.4, -0.2) is 36.1 Å². The molecule has 1 heterocycles. The number of rotatable bonds is 5. The number of carbonyl (C=O) groups is 1. The van der Waals surface area contributed by atoms with Crippen LogP contribution in [-0.2, 0) is 6.42 Å². The van der Waals surface area contributed by atoms with E-state index in [9.17, 15) is 18.0 Å². The van der Waals surface area contributed by atoms with Crippen molar-refractivity contribution in [2.75, 3.05) is 14.2 Å². The Bertz CT molecular complexity index is 889. The van der Waals surface area contributed by atoms with Crippen molar-refractivity contribution in [3.8, 4) is 18.0 Å². The maximum Gasteiger partial charge on any atom is 0.393 e. The van der Waals surface area contributed by atoms with Crippen LogP contribution in [0, 0.1) is 18.3 Å². The van der Waals surface area contributed by atoms with Crippen molar-refractivity contribution in [1.82, 2.24) is 9.97 Å². The molecule has 26 heavy (non-hydrogen) atoms. The number of nitriles is 1. The summed E-state index contributed by atoms with van der Waals surface area (Å²) < 4.78 is 48.7. The molecule has 0 fully saturated rings. The monoisotopic (exact) mass is 365 g/mol. The van der Waals surface area contributed by atoms with Gasteiger partial charge in [0.15, 0.2) is 0 Å². The summed E-state index contributed by atoms with van der Waals surface area (Å²) in [5.74, 6) is -1.19. The number of alkyl halides is 3. The van der Waals surface area contributed by atoms with E-state index in [2.05, 4.69) is 9.97 Å². The Labute approximate surface area is 147 Å². The highest BCUT2D eigenvalue weighted by Crippen LogP contribution is 2.31. The van der Waals surface area contributed by atoms with Gasteiger partial charge in [-0.3, -0.25) is 4.79 Å². The molecule has 0 radical (unpaired) electrons. The lowest BCUT2D eigenvalue weighted by Crippen LogP contribution is -2.19. The molecule has 0 bridgehead atoms. The Morgan fingerprint density at radius 1 is 1.19 bits per heavy atom. The summed E-state index contributed by atoms with van der Waals surface area (Å²) >= 11 is 0. The standard InChI is InChI=1S/C17H14F3N3O3/c1-9-4-10(8-21)6-11(5-9)14(24)13-12(7-17(18,19)20)15(25-2)23-16(22-13)26-3/h4-6H,7H2,1-3H3. The van der Waals surface area contributed by atoms with Crippen LogP contribution in [0.1, 0.15) is 32.7 Å². The Hall–Kier alpha value is -3.15. The fourth-order valence-corrected chi connectivity index (χ4v) is 2.37. The first-order valence-corrected chi connectivity index (χ1v) is 7.30. The maximum absolute atomic E-state index is 13.0. The van der Waals surface area contributed by atoms with Crippen LogP contribution in [0.4, 0.5) is 13.2 Å². The molecule has 1 aromatic heterocycles. The van der Waals surface area contributed by atoms with Gasteiger partial charge >= 0.3 is 12.2 Å². The van der Waals surface area contributed by atoms with Gasteiger partial charge in [-0.1, -0.05) is 0 Å². The summed E-state index contributed by atoms with van der Waals surface area (Å²) in [4.78, 5) is 20.4. The average Bonchev–Trinajstić information content (AvgIpc) is 2.59.